The molecule has 0 atom stereocenters. The Morgan fingerprint density at radius 1 is 1.15 bits per heavy atom. The fourth-order valence-corrected chi connectivity index (χ4v) is 2.85. The van der Waals surface area contributed by atoms with E-state index in [1.54, 1.807) is 24.0 Å². The van der Waals surface area contributed by atoms with Crippen LogP contribution >= 0.6 is 11.6 Å². The highest BCUT2D eigenvalue weighted by Gasteiger charge is 2.26. The van der Waals surface area contributed by atoms with Crippen molar-refractivity contribution < 1.29 is 19.1 Å². The van der Waals surface area contributed by atoms with Gasteiger partial charge < -0.3 is 20.3 Å². The standard InChI is InChI=1S/C18H24ClN3O4/c1-2-26-18(25)22-11-8-15(9-12-22)21-17(24)16(23)20-10-7-13-3-5-14(19)6-4-13/h3-6,15H,2,7-12H2,1H3,(H,20,23)(H,21,24). The fraction of sp³-hybridized carbons (Fsp3) is 0.500. The molecule has 2 N–H and O–H groups in total. The normalized spacial score (nSPS) is 14.6. The summed E-state index contributed by atoms with van der Waals surface area (Å²) in [6, 6.07) is 7.22. The van der Waals surface area contributed by atoms with Crippen LogP contribution in [0.5, 0.6) is 0 Å². The molecule has 1 aliphatic heterocycles. The quantitative estimate of drug-likeness (QED) is 0.760. The molecule has 142 valence electrons. The molecule has 1 aromatic rings. The molecule has 0 unspecified atom stereocenters. The second-order valence-electron chi connectivity index (χ2n) is 6.07. The highest BCUT2D eigenvalue weighted by molar-refractivity contribution is 6.35. The summed E-state index contributed by atoms with van der Waals surface area (Å²) in [5.74, 6) is -1.29. The maximum absolute atomic E-state index is 12.0. The summed E-state index contributed by atoms with van der Waals surface area (Å²) in [6.45, 7) is 3.47. The lowest BCUT2D eigenvalue weighted by molar-refractivity contribution is -0.139. The zero-order valence-corrected chi connectivity index (χ0v) is 15.6. The van der Waals surface area contributed by atoms with Gasteiger partial charge in [0.25, 0.3) is 0 Å². The number of piperidine rings is 1. The molecule has 0 aromatic heterocycles. The first-order valence-electron chi connectivity index (χ1n) is 8.74. The number of rotatable bonds is 5. The molecule has 0 radical (unpaired) electrons. The summed E-state index contributed by atoms with van der Waals surface area (Å²) in [4.78, 5) is 37.1. The second-order valence-corrected chi connectivity index (χ2v) is 6.50. The highest BCUT2D eigenvalue weighted by Crippen LogP contribution is 2.11. The van der Waals surface area contributed by atoms with Gasteiger partial charge in [0, 0.05) is 30.7 Å². The number of carbonyl (C=O) groups excluding carboxylic acids is 3. The van der Waals surface area contributed by atoms with Gasteiger partial charge in [0.05, 0.1) is 6.61 Å². The van der Waals surface area contributed by atoms with Gasteiger partial charge in [-0.25, -0.2) is 4.79 Å². The van der Waals surface area contributed by atoms with Crippen LogP contribution in [0.4, 0.5) is 4.79 Å². The van der Waals surface area contributed by atoms with Gasteiger partial charge in [-0.15, -0.1) is 0 Å². The van der Waals surface area contributed by atoms with Gasteiger partial charge in [-0.3, -0.25) is 9.59 Å². The maximum Gasteiger partial charge on any atom is 0.409 e. The molecule has 1 aromatic carbocycles. The molecule has 0 bridgehead atoms. The molecule has 1 saturated heterocycles. The Morgan fingerprint density at radius 3 is 2.42 bits per heavy atom. The SMILES string of the molecule is CCOC(=O)N1CCC(NC(=O)C(=O)NCCc2ccc(Cl)cc2)CC1. The van der Waals surface area contributed by atoms with Crippen LogP contribution in [0.15, 0.2) is 24.3 Å². The molecule has 8 heteroatoms. The van der Waals surface area contributed by atoms with E-state index in [4.69, 9.17) is 16.3 Å². The molecule has 3 amide bonds. The lowest BCUT2D eigenvalue weighted by Crippen LogP contribution is -2.50. The Labute approximate surface area is 158 Å². The second kappa shape index (κ2) is 10.0. The van der Waals surface area contributed by atoms with Gasteiger partial charge in [0.15, 0.2) is 0 Å². The Kier molecular flexibility index (Phi) is 7.72. The average molecular weight is 382 g/mol. The van der Waals surface area contributed by atoms with Gasteiger partial charge in [-0.05, 0) is 43.9 Å². The lowest BCUT2D eigenvalue weighted by atomic mass is 10.1. The van der Waals surface area contributed by atoms with E-state index >= 15 is 0 Å². The van der Waals surface area contributed by atoms with E-state index in [2.05, 4.69) is 10.6 Å². The number of hydrogen-bond acceptors (Lipinski definition) is 4. The first-order chi connectivity index (χ1) is 12.5. The molecule has 0 aliphatic carbocycles. The third-order valence-electron chi connectivity index (χ3n) is 4.17. The Balaban J connectivity index is 1.66. The van der Waals surface area contributed by atoms with E-state index in [0.29, 0.717) is 50.5 Å². The molecule has 1 fully saturated rings. The Bertz CT molecular complexity index is 628. The zero-order valence-electron chi connectivity index (χ0n) is 14.8. The molecule has 7 nitrogen and oxygen atoms in total. The number of ether oxygens (including phenoxy) is 1. The minimum Gasteiger partial charge on any atom is -0.450 e. The first-order valence-corrected chi connectivity index (χ1v) is 9.12. The molecule has 1 heterocycles. The number of nitrogens with zero attached hydrogens (tertiary/aromatic N) is 1. The van der Waals surface area contributed by atoms with Gasteiger partial charge in [0.2, 0.25) is 0 Å². The smallest absolute Gasteiger partial charge is 0.409 e. The maximum atomic E-state index is 12.0. The van der Waals surface area contributed by atoms with Crippen LogP contribution in [0, 0.1) is 0 Å². The molecule has 26 heavy (non-hydrogen) atoms. The fourth-order valence-electron chi connectivity index (χ4n) is 2.72. The zero-order chi connectivity index (χ0) is 18.9. The molecule has 0 saturated carbocycles. The van der Waals surface area contributed by atoms with Crippen molar-refractivity contribution in [3.05, 3.63) is 34.9 Å². The molecular weight excluding hydrogens is 358 g/mol. The minimum absolute atomic E-state index is 0.116. The summed E-state index contributed by atoms with van der Waals surface area (Å²) >= 11 is 5.82. The monoisotopic (exact) mass is 381 g/mol. The molecule has 0 spiro atoms. The number of amides is 3. The number of likely N-dealkylation sites (tertiary alicyclic amines) is 1. The lowest BCUT2D eigenvalue weighted by Gasteiger charge is -2.31. The van der Waals surface area contributed by atoms with Crippen molar-refractivity contribution in [3.8, 4) is 0 Å². The van der Waals surface area contributed by atoms with E-state index < -0.39 is 11.8 Å². The number of halogens is 1. The Hall–Kier alpha value is -2.28. The van der Waals surface area contributed by atoms with Crippen molar-refractivity contribution in [1.82, 2.24) is 15.5 Å². The van der Waals surface area contributed by atoms with Crippen LogP contribution in [-0.4, -0.2) is 55.1 Å². The number of nitrogens with one attached hydrogen (secondary N) is 2. The van der Waals surface area contributed by atoms with Crippen molar-refractivity contribution >= 4 is 29.5 Å². The van der Waals surface area contributed by atoms with Crippen LogP contribution in [0.1, 0.15) is 25.3 Å². The summed E-state index contributed by atoms with van der Waals surface area (Å²) in [6.07, 6.45) is 1.48. The summed E-state index contributed by atoms with van der Waals surface area (Å²) in [5.41, 5.74) is 1.03. The van der Waals surface area contributed by atoms with Crippen molar-refractivity contribution in [2.75, 3.05) is 26.2 Å². The summed E-state index contributed by atoms with van der Waals surface area (Å²) in [5, 5.41) is 5.99. The Morgan fingerprint density at radius 2 is 1.81 bits per heavy atom. The van der Waals surface area contributed by atoms with E-state index in [1.165, 1.54) is 0 Å². The molecule has 2 rings (SSSR count). The van der Waals surface area contributed by atoms with Crippen LogP contribution in [0.2, 0.25) is 5.02 Å². The van der Waals surface area contributed by atoms with Crippen molar-refractivity contribution in [2.45, 2.75) is 32.2 Å². The van der Waals surface area contributed by atoms with E-state index in [-0.39, 0.29) is 12.1 Å². The van der Waals surface area contributed by atoms with Gasteiger partial charge in [0.1, 0.15) is 0 Å². The van der Waals surface area contributed by atoms with E-state index in [1.807, 2.05) is 12.1 Å². The van der Waals surface area contributed by atoms with Crippen LogP contribution in [0.25, 0.3) is 0 Å². The molecular formula is C18H24ClN3O4. The number of carbonyl (C=O) groups is 3. The van der Waals surface area contributed by atoms with Crippen LogP contribution in [0.3, 0.4) is 0 Å². The van der Waals surface area contributed by atoms with Crippen molar-refractivity contribution in [3.63, 3.8) is 0 Å². The largest absolute Gasteiger partial charge is 0.450 e. The minimum atomic E-state index is -0.646. The third-order valence-corrected chi connectivity index (χ3v) is 4.43. The van der Waals surface area contributed by atoms with E-state index in [9.17, 15) is 14.4 Å². The predicted octanol–water partition coefficient (Wildman–Crippen LogP) is 1.74. The summed E-state index contributed by atoms with van der Waals surface area (Å²) < 4.78 is 4.95. The number of hydrogen-bond donors (Lipinski definition) is 2. The van der Waals surface area contributed by atoms with Crippen molar-refractivity contribution in [2.24, 2.45) is 0 Å². The third kappa shape index (κ3) is 6.22. The van der Waals surface area contributed by atoms with Crippen LogP contribution < -0.4 is 10.6 Å². The summed E-state index contributed by atoms with van der Waals surface area (Å²) in [7, 11) is 0. The van der Waals surface area contributed by atoms with Gasteiger partial charge in [-0.1, -0.05) is 23.7 Å². The predicted molar refractivity (Wildman–Crippen MR) is 97.9 cm³/mol. The van der Waals surface area contributed by atoms with Gasteiger partial charge in [-0.2, -0.15) is 0 Å². The van der Waals surface area contributed by atoms with Gasteiger partial charge >= 0.3 is 17.9 Å². The molecule has 1 aliphatic rings. The first kappa shape index (κ1) is 20.0. The number of benzene rings is 1. The van der Waals surface area contributed by atoms with Crippen molar-refractivity contribution in [1.29, 1.82) is 0 Å². The topological polar surface area (TPSA) is 87.7 Å². The van der Waals surface area contributed by atoms with E-state index in [0.717, 1.165) is 5.56 Å². The highest BCUT2D eigenvalue weighted by atomic mass is 35.5. The average Bonchev–Trinajstić information content (AvgIpc) is 2.64. The van der Waals surface area contributed by atoms with Crippen LogP contribution in [-0.2, 0) is 20.7 Å².